The molecule has 30 heavy (non-hydrogen) atoms. The molecule has 1 N–H and O–H groups in total. The van der Waals surface area contributed by atoms with Gasteiger partial charge in [-0.3, -0.25) is 29.6 Å². The van der Waals surface area contributed by atoms with Gasteiger partial charge in [0.15, 0.2) is 0 Å². The van der Waals surface area contributed by atoms with E-state index in [1.807, 2.05) is 30.3 Å². The Morgan fingerprint density at radius 3 is 2.13 bits per heavy atom. The number of carbonyl (C=O) groups excluding carboxylic acids is 1. The number of nitrogens with zero attached hydrogens (tertiary/aromatic N) is 5. The van der Waals surface area contributed by atoms with E-state index >= 15 is 0 Å². The number of amides is 1. The van der Waals surface area contributed by atoms with Gasteiger partial charge in [-0.15, -0.1) is 0 Å². The van der Waals surface area contributed by atoms with Crippen LogP contribution in [0.2, 0.25) is 0 Å². The summed E-state index contributed by atoms with van der Waals surface area (Å²) in [5.41, 5.74) is 4.37. The quantitative estimate of drug-likeness (QED) is 0.460. The maximum atomic E-state index is 12.7. The lowest BCUT2D eigenvalue weighted by atomic mass is 9.74. The van der Waals surface area contributed by atoms with Crippen molar-refractivity contribution < 1.29 is 9.72 Å². The number of hydrazone groups is 1. The van der Waals surface area contributed by atoms with Crippen molar-refractivity contribution in [2.45, 2.75) is 0 Å². The van der Waals surface area contributed by atoms with Crippen molar-refractivity contribution in [1.82, 2.24) is 20.1 Å². The Morgan fingerprint density at radius 2 is 1.53 bits per heavy atom. The molecule has 0 radical (unpaired) electrons. The molecule has 4 heterocycles. The summed E-state index contributed by atoms with van der Waals surface area (Å²) in [5, 5.41) is 15.6. The summed E-state index contributed by atoms with van der Waals surface area (Å²) in [6.07, 6.45) is 0. The lowest BCUT2D eigenvalue weighted by Crippen LogP contribution is -2.74. The van der Waals surface area contributed by atoms with Gasteiger partial charge in [-0.2, -0.15) is 5.10 Å². The molecule has 4 aliphatic rings. The Labute approximate surface area is 173 Å². The highest BCUT2D eigenvalue weighted by Crippen LogP contribution is 2.38. The number of nitro benzene ring substituents is 1. The Bertz CT molecular complexity index is 987. The average molecular weight is 406 g/mol. The third-order valence-corrected chi connectivity index (χ3v) is 5.92. The minimum atomic E-state index is -0.512. The van der Waals surface area contributed by atoms with Crippen LogP contribution in [0.25, 0.3) is 0 Å². The number of non-ortho nitro benzene ring substituents is 1. The van der Waals surface area contributed by atoms with Crippen molar-refractivity contribution in [3.8, 4) is 0 Å². The van der Waals surface area contributed by atoms with Crippen LogP contribution in [-0.2, 0) is 0 Å². The molecule has 1 amide bonds. The van der Waals surface area contributed by atoms with E-state index in [0.717, 1.165) is 50.9 Å². The second-order valence-electron chi connectivity index (χ2n) is 8.27. The Kier molecular flexibility index (Phi) is 4.58. The van der Waals surface area contributed by atoms with E-state index < -0.39 is 10.8 Å². The lowest BCUT2D eigenvalue weighted by Gasteiger charge is -2.60. The molecule has 4 bridgehead atoms. The third-order valence-electron chi connectivity index (χ3n) is 5.92. The van der Waals surface area contributed by atoms with E-state index in [1.54, 1.807) is 6.07 Å². The highest BCUT2D eigenvalue weighted by Gasteiger charge is 2.51. The highest BCUT2D eigenvalue weighted by atomic mass is 16.6. The molecule has 2 aromatic rings. The van der Waals surface area contributed by atoms with E-state index in [9.17, 15) is 14.9 Å². The van der Waals surface area contributed by atoms with Crippen LogP contribution in [0.4, 0.5) is 5.69 Å². The Morgan fingerprint density at radius 1 is 0.933 bits per heavy atom. The molecule has 9 nitrogen and oxygen atoms in total. The third kappa shape index (κ3) is 3.36. The van der Waals surface area contributed by atoms with Gasteiger partial charge in [0.05, 0.1) is 36.1 Å². The number of nitrogens with one attached hydrogen (secondary N) is 1. The number of nitro groups is 1. The molecule has 0 atom stereocenters. The maximum Gasteiger partial charge on any atom is 0.271 e. The maximum absolute atomic E-state index is 12.7. The van der Waals surface area contributed by atoms with Gasteiger partial charge in [-0.05, 0) is 11.6 Å². The summed E-state index contributed by atoms with van der Waals surface area (Å²) in [6.45, 7) is 5.54. The summed E-state index contributed by atoms with van der Waals surface area (Å²) in [4.78, 5) is 30.4. The molecule has 4 saturated heterocycles. The number of carbonyl (C=O) groups is 1. The molecule has 6 rings (SSSR count). The van der Waals surface area contributed by atoms with Gasteiger partial charge in [-0.1, -0.05) is 36.4 Å². The van der Waals surface area contributed by atoms with Crippen molar-refractivity contribution in [2.24, 2.45) is 10.5 Å². The minimum Gasteiger partial charge on any atom is -0.276 e. The molecule has 9 heteroatoms. The van der Waals surface area contributed by atoms with Gasteiger partial charge in [0.1, 0.15) is 0 Å². The lowest BCUT2D eigenvalue weighted by molar-refractivity contribution is -0.384. The fourth-order valence-electron chi connectivity index (χ4n) is 4.96. The smallest absolute Gasteiger partial charge is 0.271 e. The molecule has 0 aromatic heterocycles. The zero-order chi connectivity index (χ0) is 20.7. The standard InChI is InChI=1S/C21H22N6O3/c28-20(17-7-4-8-18(9-17)27(29)30)23-22-19(16-5-2-1-3-6-16)21-10-24-13-25(11-21)15-26(12-21)14-24/h1-9H,10-15H2,(H,23,28)/b22-19-. The fourth-order valence-corrected chi connectivity index (χ4v) is 4.96. The summed E-state index contributed by atoms with van der Waals surface area (Å²) in [5.74, 6) is -0.460. The number of benzene rings is 2. The normalized spacial score (nSPS) is 29.6. The van der Waals surface area contributed by atoms with E-state index in [1.165, 1.54) is 18.2 Å². The molecule has 2 aromatic carbocycles. The zero-order valence-corrected chi connectivity index (χ0v) is 16.4. The summed E-state index contributed by atoms with van der Waals surface area (Å²) in [6, 6.07) is 15.6. The predicted molar refractivity (Wildman–Crippen MR) is 111 cm³/mol. The Balaban J connectivity index is 1.47. The predicted octanol–water partition coefficient (Wildman–Crippen LogP) is 1.53. The zero-order valence-electron chi connectivity index (χ0n) is 16.4. The minimum absolute atomic E-state index is 0.121. The van der Waals surface area contributed by atoms with Crippen LogP contribution in [0.1, 0.15) is 15.9 Å². The topological polar surface area (TPSA) is 94.3 Å². The van der Waals surface area contributed by atoms with Gasteiger partial charge in [0.2, 0.25) is 0 Å². The van der Waals surface area contributed by atoms with Gasteiger partial charge in [0, 0.05) is 37.3 Å². The second-order valence-corrected chi connectivity index (χ2v) is 8.27. The molecule has 154 valence electrons. The van der Waals surface area contributed by atoms with Crippen LogP contribution in [0, 0.1) is 15.5 Å². The summed E-state index contributed by atoms with van der Waals surface area (Å²) >= 11 is 0. The largest absolute Gasteiger partial charge is 0.276 e. The first-order valence-corrected chi connectivity index (χ1v) is 9.88. The highest BCUT2D eigenvalue weighted by molar-refractivity contribution is 6.06. The molecular weight excluding hydrogens is 384 g/mol. The van der Waals surface area contributed by atoms with Crippen molar-refractivity contribution in [3.05, 3.63) is 75.8 Å². The van der Waals surface area contributed by atoms with Gasteiger partial charge >= 0.3 is 0 Å². The van der Waals surface area contributed by atoms with Gasteiger partial charge in [-0.25, -0.2) is 5.43 Å². The molecular formula is C21H22N6O3. The number of hydrogen-bond donors (Lipinski definition) is 1. The van der Waals surface area contributed by atoms with E-state index in [-0.39, 0.29) is 16.7 Å². The van der Waals surface area contributed by atoms with E-state index in [2.05, 4.69) is 25.2 Å². The fraction of sp³-hybridized carbons (Fsp3) is 0.333. The summed E-state index contributed by atoms with van der Waals surface area (Å²) < 4.78 is 0. The van der Waals surface area contributed by atoms with E-state index in [0.29, 0.717) is 0 Å². The van der Waals surface area contributed by atoms with Crippen molar-refractivity contribution in [2.75, 3.05) is 39.6 Å². The molecule has 0 aliphatic carbocycles. The average Bonchev–Trinajstić information content (AvgIpc) is 2.73. The Hall–Kier alpha value is -3.14. The van der Waals surface area contributed by atoms with Gasteiger partial charge in [0.25, 0.3) is 11.6 Å². The molecule has 0 unspecified atom stereocenters. The van der Waals surface area contributed by atoms with Crippen LogP contribution in [0.3, 0.4) is 0 Å². The van der Waals surface area contributed by atoms with Gasteiger partial charge < -0.3 is 0 Å². The SMILES string of the molecule is O=C(N/N=C(/c1ccccc1)C12CN3CN(CN(C3)C1)C2)c1cccc([N+](=O)[O-])c1. The van der Waals surface area contributed by atoms with Crippen molar-refractivity contribution >= 4 is 17.3 Å². The number of rotatable bonds is 5. The first kappa shape index (κ1) is 18.9. The van der Waals surface area contributed by atoms with Crippen LogP contribution in [-0.4, -0.2) is 70.9 Å². The first-order valence-electron chi connectivity index (χ1n) is 9.88. The molecule has 0 saturated carbocycles. The first-order chi connectivity index (χ1) is 14.5. The van der Waals surface area contributed by atoms with Crippen LogP contribution < -0.4 is 5.43 Å². The van der Waals surface area contributed by atoms with E-state index in [4.69, 9.17) is 0 Å². The second kappa shape index (κ2) is 7.28. The molecule has 4 aliphatic heterocycles. The molecule has 4 fully saturated rings. The number of hydrogen-bond acceptors (Lipinski definition) is 7. The van der Waals surface area contributed by atoms with Crippen molar-refractivity contribution in [1.29, 1.82) is 0 Å². The monoisotopic (exact) mass is 406 g/mol. The van der Waals surface area contributed by atoms with Crippen LogP contribution in [0.5, 0.6) is 0 Å². The van der Waals surface area contributed by atoms with Crippen LogP contribution >= 0.6 is 0 Å². The molecule has 0 spiro atoms. The van der Waals surface area contributed by atoms with Crippen LogP contribution in [0.15, 0.2) is 59.7 Å². The van der Waals surface area contributed by atoms with Crippen molar-refractivity contribution in [3.63, 3.8) is 0 Å². The summed E-state index contributed by atoms with van der Waals surface area (Å²) in [7, 11) is 0.